The van der Waals surface area contributed by atoms with Gasteiger partial charge in [0.15, 0.2) is 0 Å². The Bertz CT molecular complexity index is 444. The van der Waals surface area contributed by atoms with Crippen molar-refractivity contribution in [2.45, 2.75) is 33.7 Å². The van der Waals surface area contributed by atoms with Crippen molar-refractivity contribution in [2.75, 3.05) is 13.1 Å². The van der Waals surface area contributed by atoms with Crippen LogP contribution in [0.1, 0.15) is 32.6 Å². The summed E-state index contributed by atoms with van der Waals surface area (Å²) in [5, 5.41) is 17.2. The van der Waals surface area contributed by atoms with Crippen molar-refractivity contribution < 1.29 is 14.3 Å². The molecule has 2 heterocycles. The average Bonchev–Trinajstić information content (AvgIpc) is 2.96. The molecule has 1 aromatic heterocycles. The van der Waals surface area contributed by atoms with E-state index in [9.17, 15) is 9.90 Å². The quantitative estimate of drug-likeness (QED) is 0.869. The second kappa shape index (κ2) is 5.69. The fourth-order valence-electron chi connectivity index (χ4n) is 2.67. The van der Waals surface area contributed by atoms with Crippen LogP contribution in [0.3, 0.4) is 0 Å². The number of aliphatic carboxylic acids is 1. The van der Waals surface area contributed by atoms with Gasteiger partial charge in [0.25, 0.3) is 0 Å². The third-order valence-electron chi connectivity index (χ3n) is 3.78. The first kappa shape index (κ1) is 14.0. The van der Waals surface area contributed by atoms with Crippen molar-refractivity contribution in [1.29, 1.82) is 0 Å². The van der Waals surface area contributed by atoms with Gasteiger partial charge in [-0.15, -0.1) is 10.2 Å². The maximum atomic E-state index is 11.3. The molecule has 0 unspecified atom stereocenters. The Morgan fingerprint density at radius 2 is 2.11 bits per heavy atom. The smallest absolute Gasteiger partial charge is 0.308 e. The summed E-state index contributed by atoms with van der Waals surface area (Å²) >= 11 is 0. The molecule has 106 valence electrons. The van der Waals surface area contributed by atoms with Gasteiger partial charge in [-0.1, -0.05) is 20.8 Å². The van der Waals surface area contributed by atoms with Crippen molar-refractivity contribution in [2.24, 2.45) is 17.8 Å². The summed E-state index contributed by atoms with van der Waals surface area (Å²) in [7, 11) is 0. The molecule has 1 aliphatic rings. The van der Waals surface area contributed by atoms with Crippen LogP contribution in [0.15, 0.2) is 4.42 Å². The summed E-state index contributed by atoms with van der Waals surface area (Å²) in [6.45, 7) is 7.99. The van der Waals surface area contributed by atoms with Crippen molar-refractivity contribution >= 4 is 5.97 Å². The number of rotatable bonds is 5. The highest BCUT2D eigenvalue weighted by Gasteiger charge is 2.39. The van der Waals surface area contributed by atoms with E-state index in [0.717, 1.165) is 13.0 Å². The molecule has 2 rings (SSSR count). The molecule has 2 atom stereocenters. The molecule has 1 aliphatic heterocycles. The first-order chi connectivity index (χ1) is 9.01. The monoisotopic (exact) mass is 267 g/mol. The predicted molar refractivity (Wildman–Crippen MR) is 68.4 cm³/mol. The number of nitrogens with zero attached hydrogens (tertiary/aromatic N) is 3. The third-order valence-corrected chi connectivity index (χ3v) is 3.78. The highest BCUT2D eigenvalue weighted by molar-refractivity contribution is 5.71. The molecule has 0 spiro atoms. The molecular formula is C13H21N3O3. The Balaban J connectivity index is 2.01. The number of aromatic nitrogens is 2. The zero-order valence-corrected chi connectivity index (χ0v) is 11.7. The normalized spacial score (nSPS) is 24.2. The summed E-state index contributed by atoms with van der Waals surface area (Å²) in [4.78, 5) is 13.4. The lowest BCUT2D eigenvalue weighted by Gasteiger charge is -2.18. The van der Waals surface area contributed by atoms with Crippen LogP contribution < -0.4 is 0 Å². The number of aryl methyl sites for hydroxylation is 1. The predicted octanol–water partition coefficient (Wildman–Crippen LogP) is 1.42. The highest BCUT2D eigenvalue weighted by atomic mass is 16.4. The largest absolute Gasteiger partial charge is 0.481 e. The molecule has 0 amide bonds. The van der Waals surface area contributed by atoms with Crippen LogP contribution in [0.4, 0.5) is 0 Å². The molecule has 6 heteroatoms. The average molecular weight is 267 g/mol. The van der Waals surface area contributed by atoms with E-state index in [0.29, 0.717) is 30.8 Å². The highest BCUT2D eigenvalue weighted by Crippen LogP contribution is 2.30. The molecule has 1 saturated heterocycles. The second-order valence-electron chi connectivity index (χ2n) is 5.49. The van der Waals surface area contributed by atoms with Crippen LogP contribution in [0.25, 0.3) is 0 Å². The van der Waals surface area contributed by atoms with Gasteiger partial charge in [-0.2, -0.15) is 0 Å². The molecule has 0 aromatic carbocycles. The minimum absolute atomic E-state index is 0.186. The van der Waals surface area contributed by atoms with Gasteiger partial charge >= 0.3 is 5.97 Å². The Morgan fingerprint density at radius 1 is 1.42 bits per heavy atom. The Hall–Kier alpha value is -1.43. The maximum absolute atomic E-state index is 11.3. The second-order valence-corrected chi connectivity index (χ2v) is 5.49. The van der Waals surface area contributed by atoms with E-state index in [1.54, 1.807) is 0 Å². The van der Waals surface area contributed by atoms with E-state index < -0.39 is 5.97 Å². The lowest BCUT2D eigenvalue weighted by molar-refractivity contribution is -0.143. The van der Waals surface area contributed by atoms with Gasteiger partial charge in [-0.3, -0.25) is 9.69 Å². The lowest BCUT2D eigenvalue weighted by Crippen LogP contribution is -2.25. The molecule has 1 aromatic rings. The topological polar surface area (TPSA) is 79.5 Å². The van der Waals surface area contributed by atoms with Gasteiger partial charge < -0.3 is 9.52 Å². The molecular weight excluding hydrogens is 246 g/mol. The van der Waals surface area contributed by atoms with Crippen molar-refractivity contribution in [3.05, 3.63) is 11.8 Å². The van der Waals surface area contributed by atoms with Gasteiger partial charge in [-0.25, -0.2) is 0 Å². The molecule has 0 saturated carbocycles. The minimum atomic E-state index is -0.707. The van der Waals surface area contributed by atoms with Crippen LogP contribution in [0.5, 0.6) is 0 Å². The molecule has 1 N–H and O–H groups in total. The van der Waals surface area contributed by atoms with E-state index in [-0.39, 0.29) is 11.8 Å². The van der Waals surface area contributed by atoms with Gasteiger partial charge in [0, 0.05) is 19.5 Å². The molecule has 0 radical (unpaired) electrons. The van der Waals surface area contributed by atoms with Crippen molar-refractivity contribution in [3.8, 4) is 0 Å². The first-order valence-electron chi connectivity index (χ1n) is 6.77. The SMILES string of the molecule is CCc1nnc(CN2C[C@@H](C(=O)O)[C@H](C(C)C)C2)o1. The number of carboxylic acid groups (broad SMARTS) is 1. The summed E-state index contributed by atoms with van der Waals surface area (Å²) in [5.74, 6) is 0.746. The molecule has 19 heavy (non-hydrogen) atoms. The number of carbonyl (C=O) groups is 1. The molecule has 6 nitrogen and oxygen atoms in total. The zero-order chi connectivity index (χ0) is 14.0. The van der Waals surface area contributed by atoms with E-state index in [4.69, 9.17) is 4.42 Å². The van der Waals surface area contributed by atoms with E-state index in [1.807, 2.05) is 6.92 Å². The van der Waals surface area contributed by atoms with Gasteiger partial charge in [0.1, 0.15) is 0 Å². The fourth-order valence-corrected chi connectivity index (χ4v) is 2.67. The number of carboxylic acids is 1. The molecule has 0 bridgehead atoms. The number of likely N-dealkylation sites (tertiary alicyclic amines) is 1. The van der Waals surface area contributed by atoms with Gasteiger partial charge in [0.2, 0.25) is 11.8 Å². The van der Waals surface area contributed by atoms with Crippen LogP contribution >= 0.6 is 0 Å². The van der Waals surface area contributed by atoms with Crippen LogP contribution in [-0.4, -0.2) is 39.3 Å². The van der Waals surface area contributed by atoms with E-state index in [1.165, 1.54) is 0 Å². The Morgan fingerprint density at radius 3 is 2.58 bits per heavy atom. The van der Waals surface area contributed by atoms with Crippen LogP contribution in [0, 0.1) is 17.8 Å². The van der Waals surface area contributed by atoms with Crippen molar-refractivity contribution in [1.82, 2.24) is 15.1 Å². The zero-order valence-electron chi connectivity index (χ0n) is 11.7. The Labute approximate surface area is 112 Å². The van der Waals surface area contributed by atoms with Gasteiger partial charge in [-0.05, 0) is 11.8 Å². The van der Waals surface area contributed by atoms with Crippen LogP contribution in [0.2, 0.25) is 0 Å². The number of hydrogen-bond acceptors (Lipinski definition) is 5. The summed E-state index contributed by atoms with van der Waals surface area (Å²) in [5.41, 5.74) is 0. The first-order valence-corrected chi connectivity index (χ1v) is 6.77. The van der Waals surface area contributed by atoms with E-state index in [2.05, 4.69) is 28.9 Å². The lowest BCUT2D eigenvalue weighted by atomic mass is 9.86. The summed E-state index contributed by atoms with van der Waals surface area (Å²) < 4.78 is 5.47. The third kappa shape index (κ3) is 3.12. The number of hydrogen-bond donors (Lipinski definition) is 1. The molecule has 1 fully saturated rings. The van der Waals surface area contributed by atoms with E-state index >= 15 is 0 Å². The summed E-state index contributed by atoms with van der Waals surface area (Å²) in [6.07, 6.45) is 0.722. The fraction of sp³-hybridized carbons (Fsp3) is 0.769. The van der Waals surface area contributed by atoms with Crippen molar-refractivity contribution in [3.63, 3.8) is 0 Å². The summed E-state index contributed by atoms with van der Waals surface area (Å²) in [6, 6.07) is 0. The Kier molecular flexibility index (Phi) is 4.19. The molecule has 0 aliphatic carbocycles. The van der Waals surface area contributed by atoms with Gasteiger partial charge in [0.05, 0.1) is 12.5 Å². The minimum Gasteiger partial charge on any atom is -0.481 e. The maximum Gasteiger partial charge on any atom is 0.308 e. The van der Waals surface area contributed by atoms with Crippen LogP contribution in [-0.2, 0) is 17.8 Å². The standard InChI is InChI=1S/C13H21N3O3/c1-4-11-14-15-12(19-11)7-16-5-9(8(2)3)10(6-16)13(17)18/h8-10H,4-7H2,1-3H3,(H,17,18)/t9-,10+/m0/s1.